The van der Waals surface area contributed by atoms with E-state index < -0.39 is 62.3 Å². The Morgan fingerprint density at radius 1 is 1.20 bits per heavy atom. The van der Waals surface area contributed by atoms with Gasteiger partial charge >= 0.3 is 0 Å². The topological polar surface area (TPSA) is 160 Å². The van der Waals surface area contributed by atoms with Crippen LogP contribution < -0.4 is 16.2 Å². The van der Waals surface area contributed by atoms with E-state index in [0.29, 0.717) is 31.2 Å². The number of aromatic hydroxyl groups is 1. The molecule has 2 atom stereocenters. The molecule has 12 nitrogen and oxygen atoms in total. The molecule has 40 heavy (non-hydrogen) atoms. The zero-order chi connectivity index (χ0) is 28.8. The Morgan fingerprint density at radius 2 is 1.88 bits per heavy atom. The Kier molecular flexibility index (Phi) is 7.44. The van der Waals surface area contributed by atoms with Crippen molar-refractivity contribution in [3.63, 3.8) is 0 Å². The van der Waals surface area contributed by atoms with E-state index in [1.165, 1.54) is 35.9 Å². The summed E-state index contributed by atoms with van der Waals surface area (Å²) in [4.78, 5) is 44.5. The second kappa shape index (κ2) is 10.6. The average molecular weight is 578 g/mol. The molecule has 4 aliphatic rings. The van der Waals surface area contributed by atoms with Crippen LogP contribution in [0.3, 0.4) is 0 Å². The van der Waals surface area contributed by atoms with Crippen LogP contribution >= 0.6 is 0 Å². The van der Waals surface area contributed by atoms with Crippen LogP contribution in [0.15, 0.2) is 29.1 Å². The number of nitrogens with zero attached hydrogens (tertiary/aromatic N) is 3. The van der Waals surface area contributed by atoms with E-state index in [1.54, 1.807) is 0 Å². The van der Waals surface area contributed by atoms with Gasteiger partial charge in [-0.25, -0.2) is 17.8 Å². The first-order valence-electron chi connectivity index (χ1n) is 13.1. The molecule has 1 saturated carbocycles. The van der Waals surface area contributed by atoms with Gasteiger partial charge in [-0.15, -0.1) is 0 Å². The summed E-state index contributed by atoms with van der Waals surface area (Å²) in [6, 6.07) is 4.48. The normalized spacial score (nSPS) is 26.2. The van der Waals surface area contributed by atoms with Gasteiger partial charge in [0.25, 0.3) is 11.5 Å². The van der Waals surface area contributed by atoms with Crippen molar-refractivity contribution in [2.75, 3.05) is 19.9 Å². The first-order valence-corrected chi connectivity index (χ1v) is 15.0. The van der Waals surface area contributed by atoms with Crippen LogP contribution in [0.4, 0.5) is 4.39 Å². The Balaban J connectivity index is 1.48. The molecule has 3 aliphatic heterocycles. The quantitative estimate of drug-likeness (QED) is 0.431. The van der Waals surface area contributed by atoms with Crippen LogP contribution in [0.25, 0.3) is 0 Å². The van der Waals surface area contributed by atoms with Crippen molar-refractivity contribution >= 4 is 21.8 Å². The number of ether oxygens (including phenoxy) is 1. The Labute approximate surface area is 230 Å². The molecule has 1 aliphatic carbocycles. The Morgan fingerprint density at radius 3 is 2.50 bits per heavy atom. The molecule has 0 spiro atoms. The minimum absolute atomic E-state index is 0.00623. The van der Waals surface area contributed by atoms with Gasteiger partial charge in [0.15, 0.2) is 5.69 Å². The molecular weight excluding hydrogens is 545 g/mol. The molecule has 14 heteroatoms. The number of aromatic nitrogens is 2. The van der Waals surface area contributed by atoms with Crippen molar-refractivity contribution in [1.29, 1.82) is 0 Å². The van der Waals surface area contributed by atoms with Gasteiger partial charge in [0, 0.05) is 33.2 Å². The lowest BCUT2D eigenvalue weighted by Crippen LogP contribution is -2.55. The fraction of sp³-hybridized carbons (Fsp3) is 0.538. The molecule has 1 aromatic heterocycles. The van der Waals surface area contributed by atoms with Gasteiger partial charge in [-0.1, -0.05) is 12.1 Å². The zero-order valence-electron chi connectivity index (χ0n) is 22.2. The molecule has 2 aromatic rings. The Bertz CT molecular complexity index is 1490. The largest absolute Gasteiger partial charge is 0.501 e. The maximum absolute atomic E-state index is 13.6. The number of nitrogens with one attached hydrogen (secondary N) is 2. The summed E-state index contributed by atoms with van der Waals surface area (Å²) in [5.74, 6) is -2.30. The molecule has 4 heterocycles. The van der Waals surface area contributed by atoms with Crippen LogP contribution in [-0.4, -0.2) is 71.3 Å². The third-order valence-corrected chi connectivity index (χ3v) is 9.45. The lowest BCUT2D eigenvalue weighted by Gasteiger charge is -2.38. The number of fused-ring (bicyclic) bond motifs is 2. The van der Waals surface area contributed by atoms with Gasteiger partial charge in [0.05, 0.1) is 17.9 Å². The highest BCUT2D eigenvalue weighted by Gasteiger charge is 2.49. The lowest BCUT2D eigenvalue weighted by atomic mass is 9.77. The minimum atomic E-state index is -3.71. The summed E-state index contributed by atoms with van der Waals surface area (Å²) >= 11 is 0. The highest BCUT2D eigenvalue weighted by Crippen LogP contribution is 2.43. The number of rotatable bonds is 7. The van der Waals surface area contributed by atoms with E-state index in [9.17, 15) is 32.3 Å². The molecule has 6 rings (SSSR count). The molecule has 2 fully saturated rings. The Hall–Kier alpha value is -3.36. The van der Waals surface area contributed by atoms with Gasteiger partial charge in [-0.2, -0.15) is 4.31 Å². The third-order valence-electron chi connectivity index (χ3n) is 8.20. The molecule has 0 radical (unpaired) electrons. The van der Waals surface area contributed by atoms with Crippen molar-refractivity contribution in [3.05, 3.63) is 57.5 Å². The second-order valence-electron chi connectivity index (χ2n) is 10.8. The van der Waals surface area contributed by atoms with Gasteiger partial charge < -0.3 is 20.5 Å². The summed E-state index contributed by atoms with van der Waals surface area (Å²) in [5, 5.41) is 16.3. The van der Waals surface area contributed by atoms with E-state index in [-0.39, 0.29) is 37.8 Å². The number of hydrogen-bond donors (Lipinski definition) is 3. The number of carbonyl (C=O) groups is 2. The first kappa shape index (κ1) is 28.2. The maximum Gasteiger partial charge on any atom is 0.296 e. The second-order valence-corrected chi connectivity index (χ2v) is 12.7. The SMILES string of the molecule is CO[C@@H]1CC(C(=O)NC23CCC(CC2)Cn2c3nc(C(=O)NCc3ccc(F)cc3)c(O)c2=O)N(S(C)(=O)=O)C1. The standard InChI is InChI=1S/C26H32FN5O7S/c1-39-18-11-19(32(14-18)40(2,37)38)22(34)30-26-9-7-16(8-10-26)13-31-24(36)21(33)20(29-25(26)31)23(35)28-12-15-3-5-17(27)6-4-15/h3-6,16,18-19,33H,7-14H2,1-2H3,(H,28,35)(H,30,34)/t16?,18-,19?,26?/m1/s1. The fourth-order valence-corrected chi connectivity index (χ4v) is 7.07. The zero-order valence-corrected chi connectivity index (χ0v) is 23.0. The molecule has 216 valence electrons. The van der Waals surface area contributed by atoms with Gasteiger partial charge in [0.1, 0.15) is 17.7 Å². The number of methoxy groups -OCH3 is 1. The van der Waals surface area contributed by atoms with E-state index in [2.05, 4.69) is 15.6 Å². The molecule has 2 amide bonds. The highest BCUT2D eigenvalue weighted by molar-refractivity contribution is 7.88. The van der Waals surface area contributed by atoms with Crippen molar-refractivity contribution < 1.29 is 32.2 Å². The molecular formula is C26H32FN5O7S. The highest BCUT2D eigenvalue weighted by atomic mass is 32.2. The molecule has 3 N–H and O–H groups in total. The number of amides is 2. The number of sulfonamides is 1. The van der Waals surface area contributed by atoms with Gasteiger partial charge in [-0.05, 0) is 49.3 Å². The van der Waals surface area contributed by atoms with Crippen LogP contribution in [0.5, 0.6) is 5.75 Å². The third kappa shape index (κ3) is 5.22. The predicted octanol–water partition coefficient (Wildman–Crippen LogP) is 0.582. The maximum atomic E-state index is 13.6. The van der Waals surface area contributed by atoms with E-state index in [0.717, 1.165) is 10.6 Å². The summed E-state index contributed by atoms with van der Waals surface area (Å²) in [6.45, 7) is 0.323. The monoisotopic (exact) mass is 577 g/mol. The van der Waals surface area contributed by atoms with Crippen molar-refractivity contribution in [1.82, 2.24) is 24.5 Å². The van der Waals surface area contributed by atoms with Gasteiger partial charge in [0.2, 0.25) is 21.7 Å². The van der Waals surface area contributed by atoms with Crippen LogP contribution in [0.2, 0.25) is 0 Å². The van der Waals surface area contributed by atoms with E-state index >= 15 is 0 Å². The number of benzene rings is 1. The van der Waals surface area contributed by atoms with Crippen LogP contribution in [0, 0.1) is 11.7 Å². The molecule has 1 aromatic carbocycles. The number of halogens is 1. The van der Waals surface area contributed by atoms with E-state index in [4.69, 9.17) is 4.74 Å². The van der Waals surface area contributed by atoms with Gasteiger partial charge in [-0.3, -0.25) is 19.0 Å². The predicted molar refractivity (Wildman–Crippen MR) is 140 cm³/mol. The summed E-state index contributed by atoms with van der Waals surface area (Å²) in [5.41, 5.74) is -1.81. The summed E-state index contributed by atoms with van der Waals surface area (Å²) in [6.07, 6.45) is 2.94. The van der Waals surface area contributed by atoms with Crippen molar-refractivity contribution in [2.24, 2.45) is 5.92 Å². The average Bonchev–Trinajstić information content (AvgIpc) is 3.25. The number of hydrogen-bond acceptors (Lipinski definition) is 8. The molecule has 1 saturated heterocycles. The lowest BCUT2D eigenvalue weighted by molar-refractivity contribution is -0.127. The van der Waals surface area contributed by atoms with E-state index in [1.807, 2.05) is 0 Å². The van der Waals surface area contributed by atoms with Crippen LogP contribution in [0.1, 0.15) is 54.0 Å². The van der Waals surface area contributed by atoms with Crippen molar-refractivity contribution in [2.45, 2.75) is 62.9 Å². The smallest absolute Gasteiger partial charge is 0.296 e. The summed E-state index contributed by atoms with van der Waals surface area (Å²) < 4.78 is 45.9. The van der Waals surface area contributed by atoms with Crippen molar-refractivity contribution in [3.8, 4) is 5.75 Å². The minimum Gasteiger partial charge on any atom is -0.501 e. The molecule has 1 unspecified atom stereocenters. The molecule has 2 bridgehead atoms. The fourth-order valence-electron chi connectivity index (χ4n) is 5.98. The van der Waals surface area contributed by atoms with Crippen LogP contribution in [-0.2, 0) is 38.2 Å². The first-order chi connectivity index (χ1) is 18.9. The summed E-state index contributed by atoms with van der Waals surface area (Å²) in [7, 11) is -2.26. The number of carbonyl (C=O) groups excluding carboxylic acids is 2.